The van der Waals surface area contributed by atoms with Crippen molar-refractivity contribution >= 4 is 33.4 Å². The van der Waals surface area contributed by atoms with Crippen LogP contribution in [0.5, 0.6) is 5.75 Å². The first-order chi connectivity index (χ1) is 13.6. The Bertz CT molecular complexity index is 1140. The van der Waals surface area contributed by atoms with Crippen molar-refractivity contribution in [1.29, 1.82) is 0 Å². The molecule has 1 aromatic heterocycles. The Kier molecular flexibility index (Phi) is 4.78. The Hall–Kier alpha value is -3.27. The number of nitrogens with one attached hydrogen (secondary N) is 1. The number of hydrogen-bond donors (Lipinski definition) is 1. The molecule has 0 saturated carbocycles. The lowest BCUT2D eigenvalue weighted by molar-refractivity contribution is -0.122. The quantitative estimate of drug-likeness (QED) is 0.501. The number of anilines is 1. The zero-order valence-corrected chi connectivity index (χ0v) is 16.4. The van der Waals surface area contributed by atoms with Gasteiger partial charge in [-0.25, -0.2) is 0 Å². The maximum Gasteiger partial charge on any atom is 0.265 e. The Labute approximate surface area is 164 Å². The molecule has 1 amide bonds. The first-order valence-corrected chi connectivity index (χ1v) is 9.62. The van der Waals surface area contributed by atoms with E-state index in [2.05, 4.69) is 41.1 Å². The number of carbonyl (C=O) groups is 1. The molecule has 1 N–H and O–H groups in total. The normalized spacial score (nSPS) is 12.2. The number of nitrogens with zero attached hydrogens (tertiary/aromatic N) is 1. The molecule has 0 unspecified atom stereocenters. The number of benzene rings is 3. The first-order valence-electron chi connectivity index (χ1n) is 9.62. The van der Waals surface area contributed by atoms with Crippen LogP contribution >= 0.6 is 0 Å². The van der Waals surface area contributed by atoms with E-state index in [1.807, 2.05) is 49.4 Å². The number of amides is 1. The van der Waals surface area contributed by atoms with Gasteiger partial charge in [0.2, 0.25) is 0 Å². The third-order valence-electron chi connectivity index (χ3n) is 5.06. The van der Waals surface area contributed by atoms with E-state index in [1.54, 1.807) is 6.92 Å². The molecule has 4 heteroatoms. The van der Waals surface area contributed by atoms with E-state index in [0.29, 0.717) is 5.75 Å². The highest BCUT2D eigenvalue weighted by molar-refractivity contribution is 6.10. The van der Waals surface area contributed by atoms with Gasteiger partial charge in [0.15, 0.2) is 6.10 Å². The maximum atomic E-state index is 12.6. The van der Waals surface area contributed by atoms with Gasteiger partial charge in [-0.3, -0.25) is 4.79 Å². The van der Waals surface area contributed by atoms with Crippen molar-refractivity contribution in [3.8, 4) is 5.75 Å². The standard InChI is InChI=1S/C24H24N2O2/c1-4-26-22-8-6-5-7-20(22)21-15-18(11-14-23(21)26)25-24(27)17(3)28-19-12-9-16(2)10-13-19/h5-15,17H,4H2,1-3H3,(H,25,27)/t17-/m0/s1. The summed E-state index contributed by atoms with van der Waals surface area (Å²) in [5.41, 5.74) is 4.31. The summed E-state index contributed by atoms with van der Waals surface area (Å²) in [5.74, 6) is 0.522. The summed E-state index contributed by atoms with van der Waals surface area (Å²) in [4.78, 5) is 12.6. The molecule has 0 fully saturated rings. The summed E-state index contributed by atoms with van der Waals surface area (Å²) >= 11 is 0. The summed E-state index contributed by atoms with van der Waals surface area (Å²) < 4.78 is 8.06. The van der Waals surface area contributed by atoms with Crippen molar-refractivity contribution in [2.75, 3.05) is 5.32 Å². The number of rotatable bonds is 5. The summed E-state index contributed by atoms with van der Waals surface area (Å²) in [6.07, 6.45) is -0.588. The topological polar surface area (TPSA) is 43.3 Å². The molecule has 0 bridgehead atoms. The number of aromatic nitrogens is 1. The van der Waals surface area contributed by atoms with Crippen molar-refractivity contribution in [1.82, 2.24) is 4.57 Å². The van der Waals surface area contributed by atoms with E-state index in [9.17, 15) is 4.79 Å². The molecule has 0 spiro atoms. The molecular formula is C24H24N2O2. The lowest BCUT2D eigenvalue weighted by Gasteiger charge is -2.15. The van der Waals surface area contributed by atoms with E-state index >= 15 is 0 Å². The Morgan fingerprint density at radius 1 is 1.00 bits per heavy atom. The van der Waals surface area contributed by atoms with Crippen molar-refractivity contribution in [2.45, 2.75) is 33.4 Å². The second-order valence-corrected chi connectivity index (χ2v) is 7.06. The molecule has 1 heterocycles. The summed E-state index contributed by atoms with van der Waals surface area (Å²) in [6.45, 7) is 6.82. The van der Waals surface area contributed by atoms with Gasteiger partial charge in [0.25, 0.3) is 5.91 Å². The highest BCUT2D eigenvalue weighted by atomic mass is 16.5. The molecule has 0 aliphatic rings. The smallest absolute Gasteiger partial charge is 0.265 e. The summed E-state index contributed by atoms with van der Waals surface area (Å²) in [7, 11) is 0. The average Bonchev–Trinajstić information content (AvgIpc) is 3.02. The minimum atomic E-state index is -0.588. The predicted molar refractivity (Wildman–Crippen MR) is 115 cm³/mol. The van der Waals surface area contributed by atoms with Gasteiger partial charge >= 0.3 is 0 Å². The van der Waals surface area contributed by atoms with Crippen LogP contribution in [-0.4, -0.2) is 16.6 Å². The number of carbonyl (C=O) groups excluding carboxylic acids is 1. The highest BCUT2D eigenvalue weighted by Crippen LogP contribution is 2.31. The van der Waals surface area contributed by atoms with Gasteiger partial charge in [-0.05, 0) is 57.2 Å². The molecule has 1 atom stereocenters. The third-order valence-corrected chi connectivity index (χ3v) is 5.06. The minimum absolute atomic E-state index is 0.167. The Morgan fingerprint density at radius 3 is 2.46 bits per heavy atom. The molecule has 0 aliphatic heterocycles. The summed E-state index contributed by atoms with van der Waals surface area (Å²) in [5, 5.41) is 5.32. The van der Waals surface area contributed by atoms with Crippen LogP contribution in [0.3, 0.4) is 0 Å². The van der Waals surface area contributed by atoms with Crippen LogP contribution in [0.15, 0.2) is 66.7 Å². The van der Waals surface area contributed by atoms with Gasteiger partial charge in [-0.2, -0.15) is 0 Å². The second-order valence-electron chi connectivity index (χ2n) is 7.06. The third kappa shape index (κ3) is 3.33. The van der Waals surface area contributed by atoms with Crippen molar-refractivity contribution in [3.63, 3.8) is 0 Å². The fourth-order valence-electron chi connectivity index (χ4n) is 3.59. The second kappa shape index (κ2) is 7.39. The number of fused-ring (bicyclic) bond motifs is 3. The fourth-order valence-corrected chi connectivity index (χ4v) is 3.59. The molecule has 0 radical (unpaired) electrons. The lowest BCUT2D eigenvalue weighted by atomic mass is 10.1. The molecule has 142 valence electrons. The van der Waals surface area contributed by atoms with Crippen LogP contribution in [-0.2, 0) is 11.3 Å². The van der Waals surface area contributed by atoms with Crippen LogP contribution in [0.4, 0.5) is 5.69 Å². The monoisotopic (exact) mass is 372 g/mol. The molecular weight excluding hydrogens is 348 g/mol. The SMILES string of the molecule is CCn1c2ccccc2c2cc(NC(=O)[C@H](C)Oc3ccc(C)cc3)ccc21. The van der Waals surface area contributed by atoms with Crippen LogP contribution in [0.1, 0.15) is 19.4 Å². The highest BCUT2D eigenvalue weighted by Gasteiger charge is 2.16. The number of para-hydroxylation sites is 1. The predicted octanol–water partition coefficient (Wildman–Crippen LogP) is 5.53. The molecule has 4 nitrogen and oxygen atoms in total. The zero-order chi connectivity index (χ0) is 19.7. The molecule has 0 saturated heterocycles. The lowest BCUT2D eigenvalue weighted by Crippen LogP contribution is -2.30. The molecule has 28 heavy (non-hydrogen) atoms. The Balaban J connectivity index is 1.58. The largest absolute Gasteiger partial charge is 0.481 e. The van der Waals surface area contributed by atoms with Crippen molar-refractivity contribution in [3.05, 3.63) is 72.3 Å². The van der Waals surface area contributed by atoms with E-state index in [1.165, 1.54) is 16.4 Å². The van der Waals surface area contributed by atoms with E-state index < -0.39 is 6.10 Å². The van der Waals surface area contributed by atoms with Gasteiger partial charge in [0, 0.05) is 34.0 Å². The molecule has 4 aromatic rings. The van der Waals surface area contributed by atoms with E-state index in [0.717, 1.165) is 23.2 Å². The number of aryl methyl sites for hydroxylation is 2. The van der Waals surface area contributed by atoms with Crippen LogP contribution < -0.4 is 10.1 Å². The number of ether oxygens (including phenoxy) is 1. The number of hydrogen-bond acceptors (Lipinski definition) is 2. The van der Waals surface area contributed by atoms with Crippen LogP contribution in [0.2, 0.25) is 0 Å². The maximum absolute atomic E-state index is 12.6. The van der Waals surface area contributed by atoms with Gasteiger partial charge in [-0.15, -0.1) is 0 Å². The molecule has 0 aliphatic carbocycles. The molecule has 3 aromatic carbocycles. The van der Waals surface area contributed by atoms with Gasteiger partial charge in [0.1, 0.15) is 5.75 Å². The average molecular weight is 372 g/mol. The van der Waals surface area contributed by atoms with Crippen molar-refractivity contribution in [2.24, 2.45) is 0 Å². The van der Waals surface area contributed by atoms with Crippen LogP contribution in [0.25, 0.3) is 21.8 Å². The van der Waals surface area contributed by atoms with Crippen LogP contribution in [0, 0.1) is 6.92 Å². The Morgan fingerprint density at radius 2 is 1.71 bits per heavy atom. The zero-order valence-electron chi connectivity index (χ0n) is 16.4. The van der Waals surface area contributed by atoms with Gasteiger partial charge in [0.05, 0.1) is 0 Å². The van der Waals surface area contributed by atoms with Gasteiger partial charge in [-0.1, -0.05) is 35.9 Å². The fraction of sp³-hybridized carbons (Fsp3) is 0.208. The summed E-state index contributed by atoms with van der Waals surface area (Å²) in [6, 6.07) is 22.1. The van der Waals surface area contributed by atoms with E-state index in [-0.39, 0.29) is 5.91 Å². The van der Waals surface area contributed by atoms with Crippen molar-refractivity contribution < 1.29 is 9.53 Å². The van der Waals surface area contributed by atoms with Gasteiger partial charge < -0.3 is 14.6 Å². The van der Waals surface area contributed by atoms with E-state index in [4.69, 9.17) is 4.74 Å². The molecule has 4 rings (SSSR count). The minimum Gasteiger partial charge on any atom is -0.481 e. The first kappa shape index (κ1) is 18.1.